The molecule has 9 nitrogen and oxygen atoms in total. The van der Waals surface area contributed by atoms with E-state index in [1.165, 1.54) is 0 Å². The van der Waals surface area contributed by atoms with Gasteiger partial charge in [-0.3, -0.25) is 14.5 Å². The first-order chi connectivity index (χ1) is 16.9. The lowest BCUT2D eigenvalue weighted by molar-refractivity contribution is -0.118. The Balaban J connectivity index is 1.37. The summed E-state index contributed by atoms with van der Waals surface area (Å²) in [7, 11) is 1.63. The number of rotatable bonds is 3. The van der Waals surface area contributed by atoms with Crippen LogP contribution in [0.25, 0.3) is 11.1 Å². The molecule has 1 N–H and O–H groups in total. The highest BCUT2D eigenvalue weighted by molar-refractivity contribution is 5.96. The SMILES string of the molecule is COc1cccc(-c2ccc3c(c2)NC(=O)CN2CCN(C(=O)c4c(C)noc4C)C[C@@H]2CO3)c1. The zero-order valence-electron chi connectivity index (χ0n) is 20.0. The van der Waals surface area contributed by atoms with Crippen molar-refractivity contribution in [2.24, 2.45) is 0 Å². The number of benzene rings is 2. The van der Waals surface area contributed by atoms with Crippen molar-refractivity contribution in [1.29, 1.82) is 0 Å². The molecule has 1 aromatic heterocycles. The fraction of sp³-hybridized carbons (Fsp3) is 0.346. The lowest BCUT2D eigenvalue weighted by Gasteiger charge is -2.40. The molecule has 3 heterocycles. The van der Waals surface area contributed by atoms with E-state index in [2.05, 4.69) is 15.4 Å². The van der Waals surface area contributed by atoms with Crippen LogP contribution in [0, 0.1) is 13.8 Å². The molecule has 2 aliphatic heterocycles. The molecule has 2 aromatic carbocycles. The molecule has 0 bridgehead atoms. The van der Waals surface area contributed by atoms with Gasteiger partial charge in [0.1, 0.15) is 29.4 Å². The van der Waals surface area contributed by atoms with Gasteiger partial charge in [-0.2, -0.15) is 0 Å². The molecule has 9 heteroatoms. The van der Waals surface area contributed by atoms with Crippen LogP contribution < -0.4 is 14.8 Å². The maximum atomic E-state index is 13.2. The molecule has 35 heavy (non-hydrogen) atoms. The molecule has 0 spiro atoms. The van der Waals surface area contributed by atoms with E-state index in [9.17, 15) is 9.59 Å². The van der Waals surface area contributed by atoms with Crippen molar-refractivity contribution in [3.8, 4) is 22.6 Å². The summed E-state index contributed by atoms with van der Waals surface area (Å²) < 4.78 is 16.7. The van der Waals surface area contributed by atoms with Crippen LogP contribution in [-0.4, -0.2) is 72.7 Å². The number of fused-ring (bicyclic) bond motifs is 2. The Hall–Kier alpha value is -3.85. The first kappa shape index (κ1) is 22.9. The lowest BCUT2D eigenvalue weighted by atomic mass is 10.0. The smallest absolute Gasteiger partial charge is 0.259 e. The number of aryl methyl sites for hydroxylation is 2. The van der Waals surface area contributed by atoms with Crippen molar-refractivity contribution in [2.75, 3.05) is 45.2 Å². The number of hydrogen-bond acceptors (Lipinski definition) is 7. The van der Waals surface area contributed by atoms with Gasteiger partial charge >= 0.3 is 0 Å². The highest BCUT2D eigenvalue weighted by Gasteiger charge is 2.34. The van der Waals surface area contributed by atoms with Gasteiger partial charge in [-0.05, 0) is 49.2 Å². The fourth-order valence-corrected chi connectivity index (χ4v) is 4.69. The second-order valence-electron chi connectivity index (χ2n) is 8.88. The average Bonchev–Trinajstić information content (AvgIpc) is 3.23. The number of nitrogens with zero attached hydrogens (tertiary/aromatic N) is 3. The summed E-state index contributed by atoms with van der Waals surface area (Å²) in [5.41, 5.74) is 3.64. The minimum atomic E-state index is -0.122. The number of hydrogen-bond donors (Lipinski definition) is 1. The number of ether oxygens (including phenoxy) is 2. The third-order valence-corrected chi connectivity index (χ3v) is 6.57. The molecule has 1 saturated heterocycles. The molecule has 2 amide bonds. The van der Waals surface area contributed by atoms with Crippen molar-refractivity contribution in [3.05, 3.63) is 59.5 Å². The van der Waals surface area contributed by atoms with E-state index in [-0.39, 0.29) is 24.4 Å². The normalized spacial score (nSPS) is 18.3. The number of anilines is 1. The molecule has 1 fully saturated rings. The summed E-state index contributed by atoms with van der Waals surface area (Å²) in [6.45, 7) is 5.63. The highest BCUT2D eigenvalue weighted by atomic mass is 16.5. The van der Waals surface area contributed by atoms with E-state index in [0.717, 1.165) is 16.9 Å². The number of piperazine rings is 1. The number of carbonyl (C=O) groups is 2. The summed E-state index contributed by atoms with van der Waals surface area (Å²) in [4.78, 5) is 29.9. The van der Waals surface area contributed by atoms with E-state index in [0.29, 0.717) is 54.7 Å². The van der Waals surface area contributed by atoms with Gasteiger partial charge in [-0.15, -0.1) is 0 Å². The maximum Gasteiger partial charge on any atom is 0.259 e. The molecule has 0 unspecified atom stereocenters. The molecule has 1 atom stereocenters. The van der Waals surface area contributed by atoms with Gasteiger partial charge in [0.25, 0.3) is 5.91 Å². The maximum absolute atomic E-state index is 13.2. The van der Waals surface area contributed by atoms with Gasteiger partial charge in [0.05, 0.1) is 31.1 Å². The largest absolute Gasteiger partial charge is 0.497 e. The quantitative estimate of drug-likeness (QED) is 0.620. The number of aromatic nitrogens is 1. The van der Waals surface area contributed by atoms with Crippen molar-refractivity contribution < 1.29 is 23.6 Å². The van der Waals surface area contributed by atoms with Gasteiger partial charge < -0.3 is 24.2 Å². The minimum Gasteiger partial charge on any atom is -0.497 e. The zero-order valence-corrected chi connectivity index (χ0v) is 20.0. The van der Waals surface area contributed by atoms with Crippen LogP contribution in [0.3, 0.4) is 0 Å². The molecule has 5 rings (SSSR count). The van der Waals surface area contributed by atoms with Gasteiger partial charge in [0.15, 0.2) is 0 Å². The monoisotopic (exact) mass is 476 g/mol. The van der Waals surface area contributed by atoms with Crippen molar-refractivity contribution in [1.82, 2.24) is 15.0 Å². The average molecular weight is 477 g/mol. The van der Waals surface area contributed by atoms with Crippen molar-refractivity contribution >= 4 is 17.5 Å². The Bertz CT molecular complexity index is 1250. The predicted molar refractivity (Wildman–Crippen MR) is 130 cm³/mol. The fourth-order valence-electron chi connectivity index (χ4n) is 4.69. The molecule has 0 aliphatic carbocycles. The Kier molecular flexibility index (Phi) is 6.17. The molecule has 2 aliphatic rings. The number of amides is 2. The first-order valence-electron chi connectivity index (χ1n) is 11.6. The molecule has 0 radical (unpaired) electrons. The third kappa shape index (κ3) is 4.59. The molecular formula is C26H28N4O5. The molecule has 0 saturated carbocycles. The van der Waals surface area contributed by atoms with Crippen LogP contribution in [0.15, 0.2) is 47.0 Å². The number of methoxy groups -OCH3 is 1. The second-order valence-corrected chi connectivity index (χ2v) is 8.88. The van der Waals surface area contributed by atoms with Gasteiger partial charge in [0, 0.05) is 19.6 Å². The Morgan fingerprint density at radius 3 is 2.74 bits per heavy atom. The lowest BCUT2D eigenvalue weighted by Crippen LogP contribution is -2.58. The van der Waals surface area contributed by atoms with E-state index >= 15 is 0 Å². The number of carbonyl (C=O) groups excluding carboxylic acids is 2. The van der Waals surface area contributed by atoms with E-state index < -0.39 is 0 Å². The van der Waals surface area contributed by atoms with Crippen molar-refractivity contribution in [2.45, 2.75) is 19.9 Å². The molecule has 182 valence electrons. The standard InChI is InChI=1S/C26H28N4O5/c1-16-25(17(2)35-28-16)26(32)30-10-9-29-14-24(31)27-22-12-19(18-5-4-6-21(11-18)33-3)7-8-23(22)34-15-20(29)13-30/h4-8,11-12,20H,9-10,13-15H2,1-3H3,(H,27,31)/t20-/m1/s1. The minimum absolute atomic E-state index is 0.103. The van der Waals surface area contributed by atoms with Crippen LogP contribution in [0.5, 0.6) is 11.5 Å². The summed E-state index contributed by atoms with van der Waals surface area (Å²) in [6.07, 6.45) is 0. The van der Waals surface area contributed by atoms with Crippen LogP contribution in [0.2, 0.25) is 0 Å². The molecular weight excluding hydrogens is 448 g/mol. The van der Waals surface area contributed by atoms with Crippen LogP contribution in [-0.2, 0) is 4.79 Å². The Labute approximate surface area is 203 Å². The summed E-state index contributed by atoms with van der Waals surface area (Å²) in [5, 5.41) is 6.92. The zero-order chi connectivity index (χ0) is 24.5. The van der Waals surface area contributed by atoms with Gasteiger partial charge in [0.2, 0.25) is 5.91 Å². The predicted octanol–water partition coefficient (Wildman–Crippen LogP) is 3.12. The van der Waals surface area contributed by atoms with Crippen LogP contribution in [0.1, 0.15) is 21.8 Å². The first-order valence-corrected chi connectivity index (χ1v) is 11.6. The summed E-state index contributed by atoms with van der Waals surface area (Å²) in [6, 6.07) is 13.4. The second kappa shape index (κ2) is 9.42. The third-order valence-electron chi connectivity index (χ3n) is 6.57. The number of nitrogens with one attached hydrogen (secondary N) is 1. The Morgan fingerprint density at radius 1 is 1.14 bits per heavy atom. The molecule has 3 aromatic rings. The van der Waals surface area contributed by atoms with Crippen LogP contribution >= 0.6 is 0 Å². The summed E-state index contributed by atoms with van der Waals surface area (Å²) >= 11 is 0. The van der Waals surface area contributed by atoms with E-state index in [1.807, 2.05) is 42.5 Å². The highest BCUT2D eigenvalue weighted by Crippen LogP contribution is 2.33. The van der Waals surface area contributed by atoms with E-state index in [1.54, 1.807) is 25.9 Å². The van der Waals surface area contributed by atoms with Gasteiger partial charge in [-0.25, -0.2) is 0 Å². The summed E-state index contributed by atoms with van der Waals surface area (Å²) in [5.74, 6) is 1.66. The Morgan fingerprint density at radius 2 is 1.97 bits per heavy atom. The van der Waals surface area contributed by atoms with Crippen molar-refractivity contribution in [3.63, 3.8) is 0 Å². The van der Waals surface area contributed by atoms with Crippen LogP contribution in [0.4, 0.5) is 5.69 Å². The topological polar surface area (TPSA) is 97.1 Å². The van der Waals surface area contributed by atoms with Gasteiger partial charge in [-0.1, -0.05) is 23.4 Å². The van der Waals surface area contributed by atoms with E-state index in [4.69, 9.17) is 14.0 Å².